The summed E-state index contributed by atoms with van der Waals surface area (Å²) in [5.41, 5.74) is -1.07. The highest BCUT2D eigenvalue weighted by Gasteiger charge is 2.32. The van der Waals surface area contributed by atoms with Crippen LogP contribution in [0, 0.1) is 5.82 Å². The van der Waals surface area contributed by atoms with E-state index in [9.17, 15) is 17.6 Å². The highest BCUT2D eigenvalue weighted by Crippen LogP contribution is 2.30. The van der Waals surface area contributed by atoms with Crippen LogP contribution in [0.2, 0.25) is 0 Å². The minimum Gasteiger partial charge on any atom is -0.364 e. The van der Waals surface area contributed by atoms with E-state index in [1.807, 2.05) is 7.05 Å². The highest BCUT2D eigenvalue weighted by atomic mass is 19.4. The maximum absolute atomic E-state index is 13.6. The molecule has 1 aromatic heterocycles. The van der Waals surface area contributed by atoms with Crippen molar-refractivity contribution >= 4 is 5.82 Å². The Morgan fingerprint density at radius 1 is 1.42 bits per heavy atom. The fraction of sp³-hybridized carbons (Fsp3) is 0.583. The third-order valence-corrected chi connectivity index (χ3v) is 3.13. The number of rotatable bonds is 2. The van der Waals surface area contributed by atoms with E-state index in [0.29, 0.717) is 12.3 Å². The van der Waals surface area contributed by atoms with Crippen molar-refractivity contribution in [2.45, 2.75) is 25.1 Å². The first-order chi connectivity index (χ1) is 8.86. The number of nitrogens with one attached hydrogen (secondary N) is 1. The lowest BCUT2D eigenvalue weighted by Crippen LogP contribution is -2.40. The second-order valence-corrected chi connectivity index (χ2v) is 4.80. The molecular formula is C12H15F4N3. The molecule has 1 unspecified atom stereocenters. The summed E-state index contributed by atoms with van der Waals surface area (Å²) in [6.07, 6.45) is -2.10. The van der Waals surface area contributed by atoms with Gasteiger partial charge in [0.15, 0.2) is 11.6 Å². The van der Waals surface area contributed by atoms with Crippen molar-refractivity contribution in [3.63, 3.8) is 0 Å². The van der Waals surface area contributed by atoms with Crippen molar-refractivity contribution in [2.75, 3.05) is 25.5 Å². The number of pyridine rings is 1. The van der Waals surface area contributed by atoms with Crippen LogP contribution < -0.4 is 5.32 Å². The van der Waals surface area contributed by atoms with E-state index in [-0.39, 0.29) is 11.9 Å². The quantitative estimate of drug-likeness (QED) is 0.842. The lowest BCUT2D eigenvalue weighted by molar-refractivity contribution is -0.138. The summed E-state index contributed by atoms with van der Waals surface area (Å²) in [6, 6.07) is 0.486. The molecular weight excluding hydrogens is 262 g/mol. The molecule has 19 heavy (non-hydrogen) atoms. The third kappa shape index (κ3) is 3.56. The maximum atomic E-state index is 13.6. The topological polar surface area (TPSA) is 28.2 Å². The molecule has 1 aliphatic heterocycles. The molecule has 106 valence electrons. The molecule has 1 atom stereocenters. The van der Waals surface area contributed by atoms with Gasteiger partial charge in [-0.05, 0) is 32.5 Å². The minimum absolute atomic E-state index is 0.0116. The average Bonchev–Trinajstić information content (AvgIpc) is 2.30. The fourth-order valence-electron chi connectivity index (χ4n) is 2.18. The van der Waals surface area contributed by atoms with Gasteiger partial charge in [0.25, 0.3) is 0 Å². The van der Waals surface area contributed by atoms with Crippen LogP contribution in [0.15, 0.2) is 12.3 Å². The zero-order chi connectivity index (χ0) is 14.0. The van der Waals surface area contributed by atoms with Crippen LogP contribution in [0.5, 0.6) is 0 Å². The predicted octanol–water partition coefficient (Wildman–Crippen LogP) is 2.75. The predicted molar refractivity (Wildman–Crippen MR) is 63.3 cm³/mol. The molecule has 0 radical (unpaired) electrons. The van der Waals surface area contributed by atoms with Gasteiger partial charge in [-0.25, -0.2) is 9.37 Å². The molecule has 2 rings (SSSR count). The number of anilines is 1. The Bertz CT molecular complexity index is 447. The average molecular weight is 277 g/mol. The van der Waals surface area contributed by atoms with Crippen molar-refractivity contribution in [2.24, 2.45) is 0 Å². The summed E-state index contributed by atoms with van der Waals surface area (Å²) in [4.78, 5) is 5.63. The fourth-order valence-corrected chi connectivity index (χ4v) is 2.18. The highest BCUT2D eigenvalue weighted by molar-refractivity contribution is 5.39. The molecule has 1 aromatic rings. The molecule has 3 nitrogen and oxygen atoms in total. The molecule has 7 heteroatoms. The number of piperidine rings is 1. The van der Waals surface area contributed by atoms with Crippen molar-refractivity contribution < 1.29 is 17.6 Å². The Hall–Kier alpha value is -1.37. The third-order valence-electron chi connectivity index (χ3n) is 3.13. The monoisotopic (exact) mass is 277 g/mol. The minimum atomic E-state index is -4.57. The van der Waals surface area contributed by atoms with Crippen LogP contribution >= 0.6 is 0 Å². The number of aromatic nitrogens is 1. The van der Waals surface area contributed by atoms with Crippen LogP contribution in [0.1, 0.15) is 18.4 Å². The SMILES string of the molecule is CN1CCCC(Nc2ncc(C(F)(F)F)cc2F)C1. The zero-order valence-electron chi connectivity index (χ0n) is 10.5. The van der Waals surface area contributed by atoms with Gasteiger partial charge in [0.1, 0.15) is 0 Å². The van der Waals surface area contributed by atoms with Crippen molar-refractivity contribution in [1.29, 1.82) is 0 Å². The molecule has 0 spiro atoms. The first-order valence-corrected chi connectivity index (χ1v) is 6.04. The van der Waals surface area contributed by atoms with E-state index in [1.54, 1.807) is 0 Å². The number of alkyl halides is 3. The van der Waals surface area contributed by atoms with Crippen LogP contribution in [0.25, 0.3) is 0 Å². The Morgan fingerprint density at radius 2 is 2.16 bits per heavy atom. The van der Waals surface area contributed by atoms with Crippen LogP contribution in [-0.2, 0) is 6.18 Å². The first kappa shape index (κ1) is 14.0. The second kappa shape index (κ2) is 5.32. The van der Waals surface area contributed by atoms with E-state index < -0.39 is 17.6 Å². The number of nitrogens with zero attached hydrogens (tertiary/aromatic N) is 2. The lowest BCUT2D eigenvalue weighted by atomic mass is 10.1. The molecule has 0 aromatic carbocycles. The van der Waals surface area contributed by atoms with Crippen LogP contribution in [0.3, 0.4) is 0 Å². The van der Waals surface area contributed by atoms with E-state index in [1.165, 1.54) is 0 Å². The van der Waals surface area contributed by atoms with Gasteiger partial charge < -0.3 is 10.2 Å². The second-order valence-electron chi connectivity index (χ2n) is 4.80. The van der Waals surface area contributed by atoms with Gasteiger partial charge >= 0.3 is 6.18 Å². The van der Waals surface area contributed by atoms with Gasteiger partial charge in [0.05, 0.1) is 5.56 Å². The summed E-state index contributed by atoms with van der Waals surface area (Å²) in [6.45, 7) is 1.70. The van der Waals surface area contributed by atoms with Crippen molar-refractivity contribution in [1.82, 2.24) is 9.88 Å². The van der Waals surface area contributed by atoms with Crippen LogP contribution in [-0.4, -0.2) is 36.1 Å². The van der Waals surface area contributed by atoms with E-state index in [4.69, 9.17) is 0 Å². The van der Waals surface area contributed by atoms with Crippen molar-refractivity contribution in [3.05, 3.63) is 23.6 Å². The van der Waals surface area contributed by atoms with E-state index in [0.717, 1.165) is 25.9 Å². The number of hydrogen-bond acceptors (Lipinski definition) is 3. The summed E-state index contributed by atoms with van der Waals surface area (Å²) < 4.78 is 50.7. The first-order valence-electron chi connectivity index (χ1n) is 6.04. The number of likely N-dealkylation sites (tertiary alicyclic amines) is 1. The number of likely N-dealkylation sites (N-methyl/N-ethyl adjacent to an activating group) is 1. The van der Waals surface area contributed by atoms with Crippen molar-refractivity contribution in [3.8, 4) is 0 Å². The summed E-state index contributed by atoms with van der Waals surface area (Å²) >= 11 is 0. The van der Waals surface area contributed by atoms with Gasteiger partial charge in [-0.1, -0.05) is 0 Å². The van der Waals surface area contributed by atoms with Gasteiger partial charge in [0, 0.05) is 18.8 Å². The molecule has 1 N–H and O–H groups in total. The van der Waals surface area contributed by atoms with E-state index >= 15 is 0 Å². The molecule has 0 saturated carbocycles. The summed E-state index contributed by atoms with van der Waals surface area (Å²) in [5, 5.41) is 2.86. The Kier molecular flexibility index (Phi) is 3.93. The largest absolute Gasteiger partial charge is 0.417 e. The lowest BCUT2D eigenvalue weighted by Gasteiger charge is -2.30. The standard InChI is InChI=1S/C12H15F4N3/c1-19-4-2-3-9(7-19)18-11-10(13)5-8(6-17-11)12(14,15)16/h5-6,9H,2-4,7H2,1H3,(H,17,18). The molecule has 2 heterocycles. The summed E-state index contributed by atoms with van der Waals surface area (Å²) in [5.74, 6) is -1.09. The molecule has 1 saturated heterocycles. The maximum Gasteiger partial charge on any atom is 0.417 e. The molecule has 0 aliphatic carbocycles. The number of hydrogen-bond donors (Lipinski definition) is 1. The smallest absolute Gasteiger partial charge is 0.364 e. The van der Waals surface area contributed by atoms with E-state index in [2.05, 4.69) is 15.2 Å². The van der Waals surface area contributed by atoms with Gasteiger partial charge in [-0.2, -0.15) is 13.2 Å². The Balaban J connectivity index is 2.09. The molecule has 1 aliphatic rings. The molecule has 0 bridgehead atoms. The van der Waals surface area contributed by atoms with Gasteiger partial charge in [-0.15, -0.1) is 0 Å². The summed E-state index contributed by atoms with van der Waals surface area (Å²) in [7, 11) is 1.95. The normalized spacial score (nSPS) is 21.4. The Labute approximate surface area is 108 Å². The Morgan fingerprint density at radius 3 is 2.74 bits per heavy atom. The number of halogens is 4. The zero-order valence-corrected chi connectivity index (χ0v) is 10.5. The molecule has 1 fully saturated rings. The molecule has 0 amide bonds. The van der Waals surface area contributed by atoms with Gasteiger partial charge in [0.2, 0.25) is 0 Å². The van der Waals surface area contributed by atoms with Crippen LogP contribution in [0.4, 0.5) is 23.4 Å². The van der Waals surface area contributed by atoms with Gasteiger partial charge in [-0.3, -0.25) is 0 Å².